The van der Waals surface area contributed by atoms with Gasteiger partial charge in [0.25, 0.3) is 0 Å². The summed E-state index contributed by atoms with van der Waals surface area (Å²) in [5.74, 6) is 0.254. The molecule has 1 fully saturated rings. The van der Waals surface area contributed by atoms with Crippen molar-refractivity contribution in [2.45, 2.75) is 6.42 Å². The Balaban J connectivity index is 1.73. The van der Waals surface area contributed by atoms with E-state index in [0.29, 0.717) is 6.42 Å². The van der Waals surface area contributed by atoms with Crippen LogP contribution in [0.1, 0.15) is 4.88 Å². The lowest BCUT2D eigenvalue weighted by atomic mass is 10.2. The van der Waals surface area contributed by atoms with E-state index in [4.69, 9.17) is 4.74 Å². The third-order valence-corrected chi connectivity index (χ3v) is 4.12. The van der Waals surface area contributed by atoms with Crippen molar-refractivity contribution in [1.29, 1.82) is 0 Å². The monoisotopic (exact) mass is 268 g/mol. The van der Waals surface area contributed by atoms with Crippen molar-refractivity contribution in [2.75, 3.05) is 46.4 Å². The van der Waals surface area contributed by atoms with Gasteiger partial charge in [0, 0.05) is 44.7 Å². The van der Waals surface area contributed by atoms with Crippen molar-refractivity contribution in [1.82, 2.24) is 9.80 Å². The first-order valence-corrected chi connectivity index (χ1v) is 7.19. The van der Waals surface area contributed by atoms with E-state index < -0.39 is 0 Å². The number of thiophene rings is 1. The zero-order valence-corrected chi connectivity index (χ0v) is 11.6. The van der Waals surface area contributed by atoms with Crippen LogP contribution in [0.4, 0.5) is 0 Å². The summed E-state index contributed by atoms with van der Waals surface area (Å²) in [7, 11) is 1.72. The van der Waals surface area contributed by atoms with Gasteiger partial charge in [-0.05, 0) is 11.4 Å². The number of carbonyl (C=O) groups is 1. The van der Waals surface area contributed by atoms with E-state index in [-0.39, 0.29) is 5.91 Å². The molecule has 0 atom stereocenters. The average molecular weight is 268 g/mol. The van der Waals surface area contributed by atoms with Crippen LogP contribution in [0, 0.1) is 0 Å². The molecule has 2 heterocycles. The van der Waals surface area contributed by atoms with Crippen molar-refractivity contribution >= 4 is 17.2 Å². The molecule has 0 N–H and O–H groups in total. The van der Waals surface area contributed by atoms with E-state index in [1.165, 1.54) is 0 Å². The lowest BCUT2D eigenvalue weighted by molar-refractivity contribution is -0.132. The van der Waals surface area contributed by atoms with Crippen molar-refractivity contribution in [3.05, 3.63) is 22.4 Å². The third kappa shape index (κ3) is 3.80. The van der Waals surface area contributed by atoms with E-state index in [0.717, 1.165) is 44.2 Å². The van der Waals surface area contributed by atoms with E-state index in [1.54, 1.807) is 18.4 Å². The molecule has 100 valence electrons. The number of hydrogen-bond donors (Lipinski definition) is 0. The van der Waals surface area contributed by atoms with Gasteiger partial charge >= 0.3 is 0 Å². The standard InChI is InChI=1S/C13H20N2O2S/c1-17-9-8-14-4-6-15(7-5-14)13(16)11-12-3-2-10-18-12/h2-3,10H,4-9,11H2,1H3. The fourth-order valence-electron chi connectivity index (χ4n) is 2.12. The normalized spacial score (nSPS) is 17.1. The highest BCUT2D eigenvalue weighted by Gasteiger charge is 2.20. The van der Waals surface area contributed by atoms with Crippen LogP contribution in [-0.2, 0) is 16.0 Å². The molecule has 1 aromatic heterocycles. The molecule has 18 heavy (non-hydrogen) atoms. The second kappa shape index (κ2) is 6.87. The van der Waals surface area contributed by atoms with Crippen LogP contribution in [0.3, 0.4) is 0 Å². The average Bonchev–Trinajstić information content (AvgIpc) is 2.89. The molecular weight excluding hydrogens is 248 g/mol. The molecule has 1 aromatic rings. The van der Waals surface area contributed by atoms with Crippen molar-refractivity contribution < 1.29 is 9.53 Å². The highest BCUT2D eigenvalue weighted by atomic mass is 32.1. The Morgan fingerprint density at radius 3 is 2.78 bits per heavy atom. The molecule has 0 unspecified atom stereocenters. The molecule has 0 spiro atoms. The van der Waals surface area contributed by atoms with Crippen molar-refractivity contribution in [2.24, 2.45) is 0 Å². The predicted molar refractivity (Wildman–Crippen MR) is 72.9 cm³/mol. The molecule has 0 radical (unpaired) electrons. The number of hydrogen-bond acceptors (Lipinski definition) is 4. The Bertz CT molecular complexity index is 359. The van der Waals surface area contributed by atoms with Gasteiger partial charge in [0.2, 0.25) is 5.91 Å². The van der Waals surface area contributed by atoms with Gasteiger partial charge in [-0.2, -0.15) is 0 Å². The summed E-state index contributed by atoms with van der Waals surface area (Å²) in [5, 5.41) is 2.02. The van der Waals surface area contributed by atoms with Gasteiger partial charge in [-0.25, -0.2) is 0 Å². The number of amides is 1. The number of piperazine rings is 1. The smallest absolute Gasteiger partial charge is 0.227 e. The molecule has 1 aliphatic rings. The second-order valence-corrected chi connectivity index (χ2v) is 5.50. The van der Waals surface area contributed by atoms with E-state index >= 15 is 0 Å². The first kappa shape index (κ1) is 13.5. The van der Waals surface area contributed by atoms with Gasteiger partial charge in [0.15, 0.2) is 0 Å². The number of carbonyl (C=O) groups excluding carboxylic acids is 1. The first-order valence-electron chi connectivity index (χ1n) is 6.31. The lowest BCUT2D eigenvalue weighted by Crippen LogP contribution is -2.49. The maximum absolute atomic E-state index is 12.1. The number of methoxy groups -OCH3 is 1. The van der Waals surface area contributed by atoms with Crippen molar-refractivity contribution in [3.8, 4) is 0 Å². The Kier molecular flexibility index (Phi) is 5.16. The van der Waals surface area contributed by atoms with Gasteiger partial charge in [-0.1, -0.05) is 6.07 Å². The molecule has 0 saturated carbocycles. The number of nitrogens with zero attached hydrogens (tertiary/aromatic N) is 2. The van der Waals surface area contributed by atoms with Crippen LogP contribution >= 0.6 is 11.3 Å². The summed E-state index contributed by atoms with van der Waals surface area (Å²) in [4.78, 5) is 17.6. The molecule has 0 aromatic carbocycles. The molecule has 1 aliphatic heterocycles. The lowest BCUT2D eigenvalue weighted by Gasteiger charge is -2.34. The fourth-order valence-corrected chi connectivity index (χ4v) is 2.81. The van der Waals surface area contributed by atoms with Crippen LogP contribution in [0.5, 0.6) is 0 Å². The molecular formula is C13H20N2O2S. The minimum Gasteiger partial charge on any atom is -0.383 e. The zero-order valence-electron chi connectivity index (χ0n) is 10.8. The molecule has 2 rings (SSSR count). The second-order valence-electron chi connectivity index (χ2n) is 4.47. The van der Waals surface area contributed by atoms with Crippen LogP contribution in [-0.4, -0.2) is 62.1 Å². The van der Waals surface area contributed by atoms with Gasteiger partial charge in [0.05, 0.1) is 13.0 Å². The van der Waals surface area contributed by atoms with Crippen LogP contribution in [0.15, 0.2) is 17.5 Å². The summed E-state index contributed by atoms with van der Waals surface area (Å²) < 4.78 is 5.07. The fraction of sp³-hybridized carbons (Fsp3) is 0.615. The third-order valence-electron chi connectivity index (χ3n) is 3.24. The molecule has 5 heteroatoms. The van der Waals surface area contributed by atoms with E-state index in [9.17, 15) is 4.79 Å². The maximum atomic E-state index is 12.1. The number of ether oxygens (including phenoxy) is 1. The Labute approximate surface area is 112 Å². The SMILES string of the molecule is COCCN1CCN(C(=O)Cc2cccs2)CC1. The molecule has 0 aliphatic carbocycles. The Morgan fingerprint density at radius 1 is 1.39 bits per heavy atom. The summed E-state index contributed by atoms with van der Waals surface area (Å²) in [5.41, 5.74) is 0. The number of rotatable bonds is 5. The Morgan fingerprint density at radius 2 is 2.17 bits per heavy atom. The highest BCUT2D eigenvalue weighted by molar-refractivity contribution is 7.10. The van der Waals surface area contributed by atoms with E-state index in [1.807, 2.05) is 22.4 Å². The van der Waals surface area contributed by atoms with Gasteiger partial charge in [0.1, 0.15) is 0 Å². The maximum Gasteiger partial charge on any atom is 0.227 e. The van der Waals surface area contributed by atoms with Crippen molar-refractivity contribution in [3.63, 3.8) is 0 Å². The summed E-state index contributed by atoms with van der Waals surface area (Å²) >= 11 is 1.65. The topological polar surface area (TPSA) is 32.8 Å². The molecule has 0 bridgehead atoms. The zero-order chi connectivity index (χ0) is 12.8. The summed E-state index contributed by atoms with van der Waals surface area (Å²) in [6.07, 6.45) is 0.551. The summed E-state index contributed by atoms with van der Waals surface area (Å²) in [6.45, 7) is 5.33. The van der Waals surface area contributed by atoms with E-state index in [2.05, 4.69) is 4.90 Å². The van der Waals surface area contributed by atoms with Gasteiger partial charge < -0.3 is 9.64 Å². The first-order chi connectivity index (χ1) is 8.79. The summed E-state index contributed by atoms with van der Waals surface area (Å²) in [6, 6.07) is 4.02. The quantitative estimate of drug-likeness (QED) is 0.801. The Hall–Kier alpha value is -0.910. The predicted octanol–water partition coefficient (Wildman–Crippen LogP) is 1.08. The van der Waals surface area contributed by atoms with Crippen LogP contribution < -0.4 is 0 Å². The molecule has 4 nitrogen and oxygen atoms in total. The van der Waals surface area contributed by atoms with Gasteiger partial charge in [-0.15, -0.1) is 11.3 Å². The minimum absolute atomic E-state index is 0.254. The highest BCUT2D eigenvalue weighted by Crippen LogP contribution is 2.11. The van der Waals surface area contributed by atoms with Crippen LogP contribution in [0.25, 0.3) is 0 Å². The molecule has 1 saturated heterocycles. The van der Waals surface area contributed by atoms with Gasteiger partial charge in [-0.3, -0.25) is 9.69 Å². The molecule has 1 amide bonds. The minimum atomic E-state index is 0.254. The largest absolute Gasteiger partial charge is 0.383 e. The van der Waals surface area contributed by atoms with Crippen LogP contribution in [0.2, 0.25) is 0 Å².